The zero-order valence-electron chi connectivity index (χ0n) is 20.5. The molecule has 1 fully saturated rings. The molecule has 0 atom stereocenters. The first-order valence-corrected chi connectivity index (χ1v) is 13.0. The van der Waals surface area contributed by atoms with Crippen LogP contribution in [0, 0.1) is 0 Å². The maximum absolute atomic E-state index is 13.5. The average Bonchev–Trinajstić information content (AvgIpc) is 3.55. The molecule has 0 aliphatic heterocycles. The van der Waals surface area contributed by atoms with E-state index in [-0.39, 0.29) is 5.69 Å². The second kappa shape index (κ2) is 10.8. The van der Waals surface area contributed by atoms with E-state index in [1.54, 1.807) is 0 Å². The molecule has 2 heterocycles. The van der Waals surface area contributed by atoms with Gasteiger partial charge in [0.05, 0.1) is 6.54 Å². The molecule has 5 rings (SSSR count). The van der Waals surface area contributed by atoms with Crippen LogP contribution in [-0.2, 0) is 13.0 Å². The van der Waals surface area contributed by atoms with Gasteiger partial charge in [-0.15, -0.1) is 10.2 Å². The standard InChI is InChI=1S/C28H34N6O/c1-2-3-5-12-24-20-34(23-10-6-4-7-11-23)28(35)33(24)19-21-15-17-22(18-16-21)25-13-8-9-14-26(25)27-29-31-32-30-27/h8-9,13-18,20,23H,2-7,10-12,19H2,1H3,(H,29,30,31,32). The molecular weight excluding hydrogens is 436 g/mol. The van der Waals surface area contributed by atoms with Crippen molar-refractivity contribution in [3.63, 3.8) is 0 Å². The molecule has 4 aromatic rings. The van der Waals surface area contributed by atoms with E-state index in [4.69, 9.17) is 0 Å². The Morgan fingerprint density at radius 2 is 1.74 bits per heavy atom. The van der Waals surface area contributed by atoms with Gasteiger partial charge in [-0.1, -0.05) is 87.6 Å². The van der Waals surface area contributed by atoms with E-state index in [1.165, 1.54) is 37.8 Å². The summed E-state index contributed by atoms with van der Waals surface area (Å²) < 4.78 is 4.04. The second-order valence-electron chi connectivity index (χ2n) is 9.62. The van der Waals surface area contributed by atoms with Crippen LogP contribution in [0.4, 0.5) is 0 Å². The van der Waals surface area contributed by atoms with Gasteiger partial charge < -0.3 is 0 Å². The number of hydrogen-bond donors (Lipinski definition) is 1. The summed E-state index contributed by atoms with van der Waals surface area (Å²) in [5.41, 5.74) is 5.53. The van der Waals surface area contributed by atoms with Gasteiger partial charge in [0.1, 0.15) is 0 Å². The van der Waals surface area contributed by atoms with Crippen LogP contribution in [0.5, 0.6) is 0 Å². The number of aryl methyl sites for hydroxylation is 1. The molecule has 0 bridgehead atoms. The molecule has 1 N–H and O–H groups in total. The fourth-order valence-electron chi connectivity index (χ4n) is 5.27. The summed E-state index contributed by atoms with van der Waals surface area (Å²) >= 11 is 0. The highest BCUT2D eigenvalue weighted by molar-refractivity contribution is 5.80. The highest BCUT2D eigenvalue weighted by Gasteiger charge is 2.21. The first kappa shape index (κ1) is 23.3. The summed E-state index contributed by atoms with van der Waals surface area (Å²) in [5.74, 6) is 0.581. The topological polar surface area (TPSA) is 81.4 Å². The maximum atomic E-state index is 13.5. The first-order chi connectivity index (χ1) is 17.2. The third-order valence-corrected chi connectivity index (χ3v) is 7.21. The normalized spacial score (nSPS) is 14.4. The monoisotopic (exact) mass is 470 g/mol. The minimum absolute atomic E-state index is 0.148. The fourth-order valence-corrected chi connectivity index (χ4v) is 5.27. The fraction of sp³-hybridized carbons (Fsp3) is 0.429. The Morgan fingerprint density at radius 3 is 2.46 bits per heavy atom. The number of imidazole rings is 1. The Balaban J connectivity index is 1.41. The van der Waals surface area contributed by atoms with E-state index < -0.39 is 0 Å². The van der Waals surface area contributed by atoms with Crippen LogP contribution in [-0.4, -0.2) is 29.8 Å². The smallest absolute Gasteiger partial charge is 0.296 e. The van der Waals surface area contributed by atoms with E-state index in [0.29, 0.717) is 18.4 Å². The van der Waals surface area contributed by atoms with Gasteiger partial charge in [0.25, 0.3) is 0 Å². The lowest BCUT2D eigenvalue weighted by Gasteiger charge is -2.22. The molecule has 0 amide bonds. The number of nitrogens with one attached hydrogen (secondary N) is 1. The number of tetrazole rings is 1. The molecule has 35 heavy (non-hydrogen) atoms. The molecule has 2 aromatic carbocycles. The molecule has 1 aliphatic rings. The van der Waals surface area contributed by atoms with Crippen molar-refractivity contribution in [1.82, 2.24) is 29.8 Å². The number of hydrogen-bond acceptors (Lipinski definition) is 4. The lowest BCUT2D eigenvalue weighted by Crippen LogP contribution is -2.29. The summed E-state index contributed by atoms with van der Waals surface area (Å²) in [5, 5.41) is 14.5. The minimum Gasteiger partial charge on any atom is -0.296 e. The van der Waals surface area contributed by atoms with Crippen LogP contribution in [0.2, 0.25) is 0 Å². The summed E-state index contributed by atoms with van der Waals surface area (Å²) in [4.78, 5) is 13.5. The summed E-state index contributed by atoms with van der Waals surface area (Å²) in [6.45, 7) is 2.82. The van der Waals surface area contributed by atoms with E-state index >= 15 is 0 Å². The van der Waals surface area contributed by atoms with Gasteiger partial charge in [-0.25, -0.2) is 4.79 Å². The molecule has 0 spiro atoms. The van der Waals surface area contributed by atoms with Crippen molar-refractivity contribution in [3.05, 3.63) is 76.5 Å². The minimum atomic E-state index is 0.148. The van der Waals surface area contributed by atoms with Crippen molar-refractivity contribution in [2.45, 2.75) is 77.3 Å². The molecule has 1 aliphatic carbocycles. The lowest BCUT2D eigenvalue weighted by molar-refractivity contribution is 0.344. The van der Waals surface area contributed by atoms with Gasteiger partial charge in [-0.2, -0.15) is 5.21 Å². The van der Waals surface area contributed by atoms with E-state index in [2.05, 4.69) is 64.1 Å². The average molecular weight is 471 g/mol. The van der Waals surface area contributed by atoms with Crippen molar-refractivity contribution in [2.24, 2.45) is 0 Å². The van der Waals surface area contributed by atoms with Gasteiger partial charge >= 0.3 is 5.69 Å². The number of rotatable bonds is 9. The van der Waals surface area contributed by atoms with Gasteiger partial charge in [0.2, 0.25) is 5.82 Å². The SMILES string of the molecule is CCCCCc1cn(C2CCCCC2)c(=O)n1Cc1ccc(-c2ccccc2-c2nn[nH]n2)cc1. The predicted octanol–water partition coefficient (Wildman–Crippen LogP) is 5.78. The molecule has 0 radical (unpaired) electrons. The first-order valence-electron chi connectivity index (χ1n) is 13.0. The molecule has 182 valence electrons. The summed E-state index contributed by atoms with van der Waals surface area (Å²) in [6.07, 6.45) is 12.6. The van der Waals surface area contributed by atoms with Crippen molar-refractivity contribution < 1.29 is 0 Å². The van der Waals surface area contributed by atoms with Crippen molar-refractivity contribution >= 4 is 0 Å². The van der Waals surface area contributed by atoms with Crippen molar-refractivity contribution in [2.75, 3.05) is 0 Å². The highest BCUT2D eigenvalue weighted by atomic mass is 16.1. The van der Waals surface area contributed by atoms with Gasteiger partial charge in [0, 0.05) is 23.5 Å². The van der Waals surface area contributed by atoms with Crippen LogP contribution < -0.4 is 5.69 Å². The number of aromatic nitrogens is 6. The number of benzene rings is 2. The van der Waals surface area contributed by atoms with E-state index in [1.807, 2.05) is 27.3 Å². The molecule has 0 unspecified atom stereocenters. The zero-order chi connectivity index (χ0) is 24.0. The second-order valence-corrected chi connectivity index (χ2v) is 9.62. The van der Waals surface area contributed by atoms with E-state index in [0.717, 1.165) is 47.9 Å². The van der Waals surface area contributed by atoms with Gasteiger partial charge in [0.15, 0.2) is 0 Å². The van der Waals surface area contributed by atoms with Crippen LogP contribution in [0.3, 0.4) is 0 Å². The van der Waals surface area contributed by atoms with Crippen LogP contribution in [0.1, 0.15) is 75.6 Å². The quantitative estimate of drug-likeness (QED) is 0.314. The predicted molar refractivity (Wildman–Crippen MR) is 138 cm³/mol. The highest BCUT2D eigenvalue weighted by Crippen LogP contribution is 2.30. The van der Waals surface area contributed by atoms with Gasteiger partial charge in [-0.3, -0.25) is 9.13 Å². The van der Waals surface area contributed by atoms with Gasteiger partial charge in [-0.05, 0) is 47.6 Å². The number of nitrogens with zero attached hydrogens (tertiary/aromatic N) is 5. The maximum Gasteiger partial charge on any atom is 0.328 e. The molecule has 0 saturated heterocycles. The number of unbranched alkanes of at least 4 members (excludes halogenated alkanes) is 2. The number of H-pyrrole nitrogens is 1. The van der Waals surface area contributed by atoms with Crippen LogP contribution >= 0.6 is 0 Å². The Bertz CT molecular complexity index is 1280. The molecule has 7 heteroatoms. The Kier molecular flexibility index (Phi) is 7.21. The largest absolute Gasteiger partial charge is 0.328 e. The van der Waals surface area contributed by atoms with Crippen LogP contribution in [0.25, 0.3) is 22.5 Å². The molecule has 1 saturated carbocycles. The molecule has 2 aromatic heterocycles. The zero-order valence-corrected chi connectivity index (χ0v) is 20.5. The summed E-state index contributed by atoms with van der Waals surface area (Å²) in [6, 6.07) is 16.9. The molecular formula is C28H34N6O. The van der Waals surface area contributed by atoms with E-state index in [9.17, 15) is 4.79 Å². The Morgan fingerprint density at radius 1 is 0.971 bits per heavy atom. The van der Waals surface area contributed by atoms with Crippen molar-refractivity contribution in [1.29, 1.82) is 0 Å². The Hall–Kier alpha value is -3.48. The third-order valence-electron chi connectivity index (χ3n) is 7.21. The van der Waals surface area contributed by atoms with Crippen molar-refractivity contribution in [3.8, 4) is 22.5 Å². The lowest BCUT2D eigenvalue weighted by atomic mass is 9.95. The van der Waals surface area contributed by atoms with Crippen LogP contribution in [0.15, 0.2) is 59.5 Å². The summed E-state index contributed by atoms with van der Waals surface area (Å²) in [7, 11) is 0. The molecule has 7 nitrogen and oxygen atoms in total. The number of aromatic amines is 1. The third kappa shape index (κ3) is 5.14. The Labute approximate surface area is 206 Å².